The molecule has 5 aromatic rings. The molecular weight excluding hydrogens is 300 g/mol. The zero-order chi connectivity index (χ0) is 16.4. The van der Waals surface area contributed by atoms with Crippen molar-refractivity contribution in [1.29, 1.82) is 0 Å². The second-order valence-corrected chi connectivity index (χ2v) is 6.09. The predicted octanol–water partition coefficient (Wildman–Crippen LogP) is 3.03. The van der Waals surface area contributed by atoms with Crippen molar-refractivity contribution in [3.05, 3.63) is 65.0 Å². The number of hydrogen-bond acceptors (Lipinski definition) is 2. The van der Waals surface area contributed by atoms with Gasteiger partial charge in [0.1, 0.15) is 5.75 Å². The normalized spacial score (nSPS) is 11.9. The van der Waals surface area contributed by atoms with Gasteiger partial charge in [-0.05, 0) is 29.7 Å². The van der Waals surface area contributed by atoms with E-state index in [1.807, 2.05) is 47.8 Å². The third-order valence-corrected chi connectivity index (χ3v) is 4.89. The lowest BCUT2D eigenvalue weighted by molar-refractivity contribution is -0.617. The second kappa shape index (κ2) is 4.45. The zero-order valence-corrected chi connectivity index (χ0v) is 13.4. The average Bonchev–Trinajstić information content (AvgIpc) is 2.92. The minimum absolute atomic E-state index is 0.0186. The molecule has 4 nitrogen and oxygen atoms in total. The van der Waals surface area contributed by atoms with Crippen LogP contribution in [0.3, 0.4) is 0 Å². The van der Waals surface area contributed by atoms with E-state index in [-0.39, 0.29) is 5.56 Å². The molecular formula is C20H15N2O2+. The monoisotopic (exact) mass is 315 g/mol. The van der Waals surface area contributed by atoms with Gasteiger partial charge in [0, 0.05) is 11.5 Å². The maximum atomic E-state index is 13.2. The molecule has 0 saturated heterocycles. The summed E-state index contributed by atoms with van der Waals surface area (Å²) in [6.07, 6.45) is 0. The summed E-state index contributed by atoms with van der Waals surface area (Å²) in [5.74, 6) is 0.782. The molecule has 0 fully saturated rings. The molecule has 3 aromatic carbocycles. The molecule has 4 heteroatoms. The molecule has 2 heterocycles. The summed E-state index contributed by atoms with van der Waals surface area (Å²) in [5.41, 5.74) is 2.80. The summed E-state index contributed by atoms with van der Waals surface area (Å²) in [6.45, 7) is 0. The molecule has 2 aromatic heterocycles. The fourth-order valence-corrected chi connectivity index (χ4v) is 3.80. The van der Waals surface area contributed by atoms with Gasteiger partial charge in [-0.2, -0.15) is 4.40 Å². The number of pyridine rings is 1. The average molecular weight is 315 g/mol. The highest BCUT2D eigenvalue weighted by Crippen LogP contribution is 2.29. The van der Waals surface area contributed by atoms with Crippen molar-refractivity contribution >= 4 is 38.2 Å². The lowest BCUT2D eigenvalue weighted by atomic mass is 10.0. The summed E-state index contributed by atoms with van der Waals surface area (Å²) >= 11 is 0. The van der Waals surface area contributed by atoms with Crippen molar-refractivity contribution in [1.82, 2.24) is 4.40 Å². The molecule has 0 bridgehead atoms. The standard InChI is InChI=1S/C20H15N2O2/c1-21-17-11-13(24-2)9-10-16(17)22-19(21)14-7-3-5-12-6-4-8-15(18(12)14)20(22)23/h3-11H,1-2H3/q+1. The first-order chi connectivity index (χ1) is 11.7. The first-order valence-electron chi connectivity index (χ1n) is 7.86. The van der Waals surface area contributed by atoms with Crippen molar-refractivity contribution in [2.45, 2.75) is 0 Å². The molecule has 0 unspecified atom stereocenters. The molecule has 0 aliphatic rings. The Bertz CT molecular complexity index is 1310. The van der Waals surface area contributed by atoms with Crippen LogP contribution in [0.15, 0.2) is 59.4 Å². The van der Waals surface area contributed by atoms with Gasteiger partial charge < -0.3 is 4.74 Å². The first kappa shape index (κ1) is 13.3. The van der Waals surface area contributed by atoms with Gasteiger partial charge in [-0.25, -0.2) is 9.36 Å². The molecule has 0 radical (unpaired) electrons. The Morgan fingerprint density at radius 1 is 1.00 bits per heavy atom. The molecule has 0 aliphatic carbocycles. The SMILES string of the molecule is COc1ccc2c(c1)[n+](C)c1c3cccc4cccc(c(=O)n21)c43. The smallest absolute Gasteiger partial charge is 0.347 e. The highest BCUT2D eigenvalue weighted by molar-refractivity contribution is 6.14. The van der Waals surface area contributed by atoms with Gasteiger partial charge in [0.15, 0.2) is 11.0 Å². The van der Waals surface area contributed by atoms with Crippen LogP contribution in [-0.4, -0.2) is 11.5 Å². The number of hydrogen-bond donors (Lipinski definition) is 0. The Balaban J connectivity index is 2.19. The van der Waals surface area contributed by atoms with Gasteiger partial charge in [-0.3, -0.25) is 0 Å². The number of imidazole rings is 1. The molecule has 0 spiro atoms. The molecule has 5 rings (SSSR count). The first-order valence-corrected chi connectivity index (χ1v) is 7.86. The number of rotatable bonds is 1. The molecule has 24 heavy (non-hydrogen) atoms. The number of aryl methyl sites for hydroxylation is 1. The quantitative estimate of drug-likeness (QED) is 0.446. The summed E-state index contributed by atoms with van der Waals surface area (Å²) in [6, 6.07) is 17.9. The summed E-state index contributed by atoms with van der Waals surface area (Å²) in [7, 11) is 3.65. The summed E-state index contributed by atoms with van der Waals surface area (Å²) in [4.78, 5) is 13.2. The Labute approximate surface area is 137 Å². The lowest BCUT2D eigenvalue weighted by Crippen LogP contribution is -2.29. The topological polar surface area (TPSA) is 34.6 Å². The fraction of sp³-hybridized carbons (Fsp3) is 0.100. The zero-order valence-electron chi connectivity index (χ0n) is 13.4. The van der Waals surface area contributed by atoms with Gasteiger partial charge in [0.25, 0.3) is 5.65 Å². The number of methoxy groups -OCH3 is 1. The van der Waals surface area contributed by atoms with E-state index >= 15 is 0 Å². The van der Waals surface area contributed by atoms with E-state index < -0.39 is 0 Å². The van der Waals surface area contributed by atoms with Gasteiger partial charge in [-0.15, -0.1) is 0 Å². The van der Waals surface area contributed by atoms with E-state index in [4.69, 9.17) is 4.74 Å². The summed E-state index contributed by atoms with van der Waals surface area (Å²) in [5, 5.41) is 3.96. The Hall–Kier alpha value is -3.14. The van der Waals surface area contributed by atoms with Gasteiger partial charge in [-0.1, -0.05) is 24.3 Å². The second-order valence-electron chi connectivity index (χ2n) is 6.09. The van der Waals surface area contributed by atoms with Crippen LogP contribution in [0.1, 0.15) is 0 Å². The van der Waals surface area contributed by atoms with Crippen LogP contribution in [0.5, 0.6) is 5.75 Å². The molecule has 0 saturated carbocycles. The Morgan fingerprint density at radius 3 is 2.50 bits per heavy atom. The van der Waals surface area contributed by atoms with Crippen molar-refractivity contribution in [3.63, 3.8) is 0 Å². The minimum atomic E-state index is 0.0186. The molecule has 116 valence electrons. The van der Waals surface area contributed by atoms with Crippen LogP contribution >= 0.6 is 0 Å². The Kier molecular flexibility index (Phi) is 2.47. The van der Waals surface area contributed by atoms with Gasteiger partial charge >= 0.3 is 5.56 Å². The van der Waals surface area contributed by atoms with Crippen molar-refractivity contribution < 1.29 is 9.30 Å². The summed E-state index contributed by atoms with van der Waals surface area (Å²) < 4.78 is 9.23. The van der Waals surface area contributed by atoms with Crippen LogP contribution in [0.25, 0.3) is 38.2 Å². The number of fused-ring (bicyclic) bond motifs is 4. The number of benzene rings is 3. The predicted molar refractivity (Wildman–Crippen MR) is 95.1 cm³/mol. The van der Waals surface area contributed by atoms with Crippen LogP contribution < -0.4 is 14.9 Å². The van der Waals surface area contributed by atoms with Crippen LogP contribution in [0.4, 0.5) is 0 Å². The lowest BCUT2D eigenvalue weighted by Gasteiger charge is -2.03. The highest BCUT2D eigenvalue weighted by Gasteiger charge is 2.24. The Morgan fingerprint density at radius 2 is 1.75 bits per heavy atom. The largest absolute Gasteiger partial charge is 0.497 e. The molecule has 0 N–H and O–H groups in total. The van der Waals surface area contributed by atoms with Crippen molar-refractivity contribution in [2.75, 3.05) is 7.11 Å². The molecule has 0 aliphatic heterocycles. The maximum absolute atomic E-state index is 13.2. The van der Waals surface area contributed by atoms with E-state index in [2.05, 4.69) is 22.8 Å². The molecule has 0 atom stereocenters. The van der Waals surface area contributed by atoms with Crippen LogP contribution in [0, 0.1) is 0 Å². The number of ether oxygens (including phenoxy) is 1. The van der Waals surface area contributed by atoms with E-state index in [0.717, 1.165) is 44.0 Å². The highest BCUT2D eigenvalue weighted by atomic mass is 16.5. The van der Waals surface area contributed by atoms with Crippen LogP contribution in [-0.2, 0) is 7.05 Å². The van der Waals surface area contributed by atoms with Gasteiger partial charge in [0.2, 0.25) is 0 Å². The third kappa shape index (κ3) is 1.48. The van der Waals surface area contributed by atoms with E-state index in [9.17, 15) is 4.79 Å². The van der Waals surface area contributed by atoms with Crippen LogP contribution in [0.2, 0.25) is 0 Å². The molecule has 0 amide bonds. The van der Waals surface area contributed by atoms with Gasteiger partial charge in [0.05, 0.1) is 24.9 Å². The van der Waals surface area contributed by atoms with E-state index in [1.54, 1.807) is 7.11 Å². The maximum Gasteiger partial charge on any atom is 0.347 e. The van der Waals surface area contributed by atoms with Crippen molar-refractivity contribution in [3.8, 4) is 5.75 Å². The number of nitrogens with zero attached hydrogens (tertiary/aromatic N) is 2. The van der Waals surface area contributed by atoms with E-state index in [0.29, 0.717) is 0 Å². The van der Waals surface area contributed by atoms with Crippen molar-refractivity contribution in [2.24, 2.45) is 7.05 Å². The fourth-order valence-electron chi connectivity index (χ4n) is 3.80. The third-order valence-electron chi connectivity index (χ3n) is 4.89. The number of aromatic nitrogens is 2. The minimum Gasteiger partial charge on any atom is -0.497 e. The van der Waals surface area contributed by atoms with E-state index in [1.165, 1.54) is 0 Å².